The number of hydrogen-bond acceptors (Lipinski definition) is 4. The van der Waals surface area contributed by atoms with Crippen molar-refractivity contribution in [3.8, 4) is 0 Å². The standard InChI is InChI=1S/C25H44O4Si2/c1-23(2,3)30(9,10)28-20-17-25(7,22(26)27-8)21(19-16-14-13-15-18(19)20)29-31(11,12)24(4,5)6/h13-16,20-21H,17H2,1-12H3/t20-,21-,25+/m0/s1. The maximum Gasteiger partial charge on any atom is 0.314 e. The minimum Gasteiger partial charge on any atom is -0.469 e. The first-order valence-corrected chi connectivity index (χ1v) is 17.2. The van der Waals surface area contributed by atoms with Gasteiger partial charge >= 0.3 is 5.97 Å². The van der Waals surface area contributed by atoms with Crippen LogP contribution in [-0.4, -0.2) is 29.7 Å². The zero-order valence-electron chi connectivity index (χ0n) is 21.8. The lowest BCUT2D eigenvalue weighted by molar-refractivity contribution is -0.162. The zero-order valence-corrected chi connectivity index (χ0v) is 23.8. The van der Waals surface area contributed by atoms with Crippen LogP contribution in [0.5, 0.6) is 0 Å². The van der Waals surface area contributed by atoms with E-state index in [0.717, 1.165) is 11.1 Å². The summed E-state index contributed by atoms with van der Waals surface area (Å²) in [4.78, 5) is 13.2. The Morgan fingerprint density at radius 1 is 0.903 bits per heavy atom. The molecule has 0 spiro atoms. The number of esters is 1. The maximum atomic E-state index is 13.2. The first kappa shape index (κ1) is 26.3. The second-order valence-corrected chi connectivity index (χ2v) is 21.9. The number of ether oxygens (including phenoxy) is 1. The Hall–Kier alpha value is -0.956. The van der Waals surface area contributed by atoms with Crippen molar-refractivity contribution in [2.45, 2.75) is 103 Å². The van der Waals surface area contributed by atoms with Crippen molar-refractivity contribution in [1.82, 2.24) is 0 Å². The lowest BCUT2D eigenvalue weighted by Gasteiger charge is -2.50. The summed E-state index contributed by atoms with van der Waals surface area (Å²) in [5.41, 5.74) is 1.40. The molecule has 0 saturated heterocycles. The number of hydrogen-bond donors (Lipinski definition) is 0. The van der Waals surface area contributed by atoms with Gasteiger partial charge in [-0.3, -0.25) is 4.79 Å². The lowest BCUT2D eigenvalue weighted by Crippen LogP contribution is -2.51. The number of methoxy groups -OCH3 is 1. The molecule has 1 aliphatic rings. The molecule has 6 heteroatoms. The van der Waals surface area contributed by atoms with E-state index in [0.29, 0.717) is 6.42 Å². The third kappa shape index (κ3) is 5.02. The van der Waals surface area contributed by atoms with Crippen molar-refractivity contribution in [3.63, 3.8) is 0 Å². The first-order chi connectivity index (χ1) is 13.9. The maximum absolute atomic E-state index is 13.2. The monoisotopic (exact) mass is 464 g/mol. The molecule has 0 fully saturated rings. The summed E-state index contributed by atoms with van der Waals surface area (Å²) >= 11 is 0. The topological polar surface area (TPSA) is 44.8 Å². The Kier molecular flexibility index (Phi) is 7.15. The summed E-state index contributed by atoms with van der Waals surface area (Å²) < 4.78 is 19.2. The predicted octanol–water partition coefficient (Wildman–Crippen LogP) is 7.40. The Morgan fingerprint density at radius 3 is 1.81 bits per heavy atom. The van der Waals surface area contributed by atoms with E-state index in [1.54, 1.807) is 0 Å². The Bertz CT molecular complexity index is 804. The molecule has 4 nitrogen and oxygen atoms in total. The number of rotatable bonds is 5. The van der Waals surface area contributed by atoms with Crippen molar-refractivity contribution >= 4 is 22.6 Å². The van der Waals surface area contributed by atoms with Gasteiger partial charge in [0.2, 0.25) is 0 Å². The van der Waals surface area contributed by atoms with E-state index in [1.807, 2.05) is 13.0 Å². The van der Waals surface area contributed by atoms with Crippen LogP contribution in [0.1, 0.15) is 78.2 Å². The van der Waals surface area contributed by atoms with Crippen LogP contribution < -0.4 is 0 Å². The van der Waals surface area contributed by atoms with Gasteiger partial charge in [-0.15, -0.1) is 0 Å². The van der Waals surface area contributed by atoms with Gasteiger partial charge in [-0.05, 0) is 60.7 Å². The fraction of sp³-hybridized carbons (Fsp3) is 0.720. The van der Waals surface area contributed by atoms with Crippen LogP contribution in [0.15, 0.2) is 24.3 Å². The third-order valence-electron chi connectivity index (χ3n) is 7.93. The minimum absolute atomic E-state index is 0.0352. The van der Waals surface area contributed by atoms with Gasteiger partial charge in [-0.1, -0.05) is 65.8 Å². The Labute approximate surface area is 192 Å². The zero-order chi connectivity index (χ0) is 24.0. The van der Waals surface area contributed by atoms with Gasteiger partial charge in [-0.2, -0.15) is 0 Å². The highest BCUT2D eigenvalue weighted by Gasteiger charge is 2.55. The highest BCUT2D eigenvalue weighted by molar-refractivity contribution is 6.74. The average molecular weight is 465 g/mol. The summed E-state index contributed by atoms with van der Waals surface area (Å²) in [6, 6.07) is 8.35. The molecule has 0 saturated carbocycles. The summed E-state index contributed by atoms with van der Waals surface area (Å²) in [6.07, 6.45) is 0.0550. The molecule has 31 heavy (non-hydrogen) atoms. The van der Waals surface area contributed by atoms with Crippen LogP contribution in [0, 0.1) is 5.41 Å². The number of fused-ring (bicyclic) bond motifs is 1. The van der Waals surface area contributed by atoms with Crippen molar-refractivity contribution in [1.29, 1.82) is 0 Å². The molecule has 176 valence electrons. The smallest absolute Gasteiger partial charge is 0.314 e. The quantitative estimate of drug-likeness (QED) is 0.336. The molecular weight excluding hydrogens is 420 g/mol. The van der Waals surface area contributed by atoms with E-state index in [1.165, 1.54) is 7.11 Å². The van der Waals surface area contributed by atoms with E-state index in [-0.39, 0.29) is 28.3 Å². The molecule has 0 N–H and O–H groups in total. The van der Waals surface area contributed by atoms with Crippen LogP contribution in [0.25, 0.3) is 0 Å². The molecule has 1 aromatic carbocycles. The van der Waals surface area contributed by atoms with Crippen LogP contribution in [0.4, 0.5) is 0 Å². The van der Waals surface area contributed by atoms with Gasteiger partial charge < -0.3 is 13.6 Å². The van der Waals surface area contributed by atoms with Crippen LogP contribution in [0.2, 0.25) is 36.3 Å². The van der Waals surface area contributed by atoms with Gasteiger partial charge in [0.15, 0.2) is 16.6 Å². The molecule has 0 heterocycles. The molecule has 0 aromatic heterocycles. The largest absolute Gasteiger partial charge is 0.469 e. The van der Waals surface area contributed by atoms with Crippen LogP contribution >= 0.6 is 0 Å². The first-order valence-electron chi connectivity index (χ1n) is 11.4. The van der Waals surface area contributed by atoms with E-state index >= 15 is 0 Å². The van der Waals surface area contributed by atoms with Crippen molar-refractivity contribution < 1.29 is 18.4 Å². The fourth-order valence-electron chi connectivity index (χ4n) is 3.71. The number of carbonyl (C=O) groups excluding carboxylic acids is 1. The van der Waals surface area contributed by atoms with Crippen molar-refractivity contribution in [2.24, 2.45) is 5.41 Å². The normalized spacial score (nSPS) is 25.2. The van der Waals surface area contributed by atoms with Gasteiger partial charge in [0, 0.05) is 0 Å². The molecule has 0 radical (unpaired) electrons. The minimum atomic E-state index is -2.15. The average Bonchev–Trinajstić information content (AvgIpc) is 2.62. The highest BCUT2D eigenvalue weighted by atomic mass is 28.4. The summed E-state index contributed by atoms with van der Waals surface area (Å²) in [6.45, 7) is 24.4. The number of benzene rings is 1. The fourth-order valence-corrected chi connectivity index (χ4v) is 6.32. The molecule has 1 aromatic rings. The molecule has 0 unspecified atom stereocenters. The van der Waals surface area contributed by atoms with E-state index in [9.17, 15) is 4.79 Å². The molecule has 0 amide bonds. The Morgan fingerprint density at radius 2 is 1.35 bits per heavy atom. The molecule has 2 rings (SSSR count). The molecular formula is C25H44O4Si2. The Balaban J connectivity index is 2.63. The second-order valence-electron chi connectivity index (χ2n) is 12.4. The summed E-state index contributed by atoms with van der Waals surface area (Å²) in [5.74, 6) is -0.227. The predicted molar refractivity (Wildman–Crippen MR) is 133 cm³/mol. The summed E-state index contributed by atoms with van der Waals surface area (Å²) in [5, 5.41) is 0.117. The SMILES string of the molecule is COC(=O)[C@]1(C)C[C@H](O[Si](C)(C)C(C)(C)C)c2ccccc2[C@@H]1O[Si](C)(C)C(C)(C)C. The number of carbonyl (C=O) groups is 1. The third-order valence-corrected chi connectivity index (χ3v) is 16.9. The lowest BCUT2D eigenvalue weighted by atomic mass is 9.69. The second kappa shape index (κ2) is 8.43. The van der Waals surface area contributed by atoms with Crippen molar-refractivity contribution in [2.75, 3.05) is 7.11 Å². The van der Waals surface area contributed by atoms with E-state index in [2.05, 4.69) is 85.9 Å². The summed E-state index contributed by atoms with van der Waals surface area (Å²) in [7, 11) is -2.72. The highest BCUT2D eigenvalue weighted by Crippen LogP contribution is 2.56. The van der Waals surface area contributed by atoms with Crippen LogP contribution in [0.3, 0.4) is 0 Å². The van der Waals surface area contributed by atoms with Gasteiger partial charge in [0.1, 0.15) is 0 Å². The van der Waals surface area contributed by atoms with Gasteiger partial charge in [0.25, 0.3) is 0 Å². The molecule has 3 atom stereocenters. The van der Waals surface area contributed by atoms with Crippen LogP contribution in [-0.2, 0) is 18.4 Å². The van der Waals surface area contributed by atoms with Gasteiger partial charge in [0.05, 0.1) is 24.7 Å². The molecule has 1 aliphatic carbocycles. The molecule has 0 bridgehead atoms. The van der Waals surface area contributed by atoms with Gasteiger partial charge in [-0.25, -0.2) is 0 Å². The van der Waals surface area contributed by atoms with Crippen molar-refractivity contribution in [3.05, 3.63) is 35.4 Å². The van der Waals surface area contributed by atoms with E-state index in [4.69, 9.17) is 13.6 Å². The van der Waals surface area contributed by atoms with E-state index < -0.39 is 22.0 Å². The molecule has 0 aliphatic heterocycles.